The van der Waals surface area contributed by atoms with Gasteiger partial charge in [-0.3, -0.25) is 0 Å². The summed E-state index contributed by atoms with van der Waals surface area (Å²) in [6, 6.07) is 7.48. The SMILES string of the molecule is Nc1cccc(OC2CCOC2)c1. The van der Waals surface area contributed by atoms with E-state index in [9.17, 15) is 0 Å². The van der Waals surface area contributed by atoms with Crippen LogP contribution in [-0.4, -0.2) is 19.3 Å². The normalized spacial score (nSPS) is 21.7. The number of hydrogen-bond donors (Lipinski definition) is 1. The van der Waals surface area contributed by atoms with Gasteiger partial charge in [-0.05, 0) is 12.1 Å². The van der Waals surface area contributed by atoms with Crippen LogP contribution in [0, 0.1) is 0 Å². The fourth-order valence-corrected chi connectivity index (χ4v) is 1.39. The maximum Gasteiger partial charge on any atom is 0.124 e. The fourth-order valence-electron chi connectivity index (χ4n) is 1.39. The van der Waals surface area contributed by atoms with Crippen LogP contribution >= 0.6 is 0 Å². The molecule has 2 rings (SSSR count). The molecule has 1 fully saturated rings. The number of rotatable bonds is 2. The number of ether oxygens (including phenoxy) is 2. The second kappa shape index (κ2) is 3.66. The summed E-state index contributed by atoms with van der Waals surface area (Å²) in [5.41, 5.74) is 6.35. The van der Waals surface area contributed by atoms with E-state index in [4.69, 9.17) is 15.2 Å². The lowest BCUT2D eigenvalue weighted by Gasteiger charge is -2.11. The van der Waals surface area contributed by atoms with Crippen LogP contribution in [-0.2, 0) is 4.74 Å². The van der Waals surface area contributed by atoms with E-state index in [-0.39, 0.29) is 6.10 Å². The third-order valence-electron chi connectivity index (χ3n) is 2.05. The van der Waals surface area contributed by atoms with Crippen molar-refractivity contribution < 1.29 is 9.47 Å². The van der Waals surface area contributed by atoms with Gasteiger partial charge in [0.2, 0.25) is 0 Å². The lowest BCUT2D eigenvalue weighted by atomic mass is 10.3. The zero-order chi connectivity index (χ0) is 9.10. The van der Waals surface area contributed by atoms with Gasteiger partial charge < -0.3 is 15.2 Å². The molecule has 1 aliphatic rings. The Morgan fingerprint density at radius 2 is 2.38 bits per heavy atom. The van der Waals surface area contributed by atoms with Crippen molar-refractivity contribution in [3.8, 4) is 5.75 Å². The van der Waals surface area contributed by atoms with Crippen molar-refractivity contribution in [1.82, 2.24) is 0 Å². The molecule has 3 nitrogen and oxygen atoms in total. The highest BCUT2D eigenvalue weighted by Crippen LogP contribution is 2.18. The van der Waals surface area contributed by atoms with Gasteiger partial charge in [-0.25, -0.2) is 0 Å². The molecule has 0 aliphatic carbocycles. The van der Waals surface area contributed by atoms with Crippen molar-refractivity contribution in [2.45, 2.75) is 12.5 Å². The first kappa shape index (κ1) is 8.38. The summed E-state index contributed by atoms with van der Waals surface area (Å²) >= 11 is 0. The minimum absolute atomic E-state index is 0.196. The third-order valence-corrected chi connectivity index (χ3v) is 2.05. The lowest BCUT2D eigenvalue weighted by Crippen LogP contribution is -2.15. The fraction of sp³-hybridized carbons (Fsp3) is 0.400. The molecule has 0 aromatic heterocycles. The van der Waals surface area contributed by atoms with Crippen LogP contribution in [0.15, 0.2) is 24.3 Å². The van der Waals surface area contributed by atoms with E-state index in [1.54, 1.807) is 0 Å². The van der Waals surface area contributed by atoms with Crippen LogP contribution in [0.25, 0.3) is 0 Å². The zero-order valence-electron chi connectivity index (χ0n) is 7.40. The number of nitrogen functional groups attached to an aromatic ring is 1. The molecule has 0 amide bonds. The second-order valence-electron chi connectivity index (χ2n) is 3.18. The van der Waals surface area contributed by atoms with E-state index in [2.05, 4.69) is 0 Å². The molecular formula is C10H13NO2. The van der Waals surface area contributed by atoms with Crippen LogP contribution in [0.1, 0.15) is 6.42 Å². The van der Waals surface area contributed by atoms with Crippen molar-refractivity contribution in [2.24, 2.45) is 0 Å². The average molecular weight is 179 g/mol. The van der Waals surface area contributed by atoms with Gasteiger partial charge in [0.15, 0.2) is 0 Å². The molecule has 0 radical (unpaired) electrons. The third kappa shape index (κ3) is 2.12. The summed E-state index contributed by atoms with van der Waals surface area (Å²) in [7, 11) is 0. The molecule has 1 saturated heterocycles. The van der Waals surface area contributed by atoms with Gasteiger partial charge in [-0.15, -0.1) is 0 Å². The quantitative estimate of drug-likeness (QED) is 0.698. The monoisotopic (exact) mass is 179 g/mol. The van der Waals surface area contributed by atoms with E-state index in [1.807, 2.05) is 24.3 Å². The molecule has 2 N–H and O–H groups in total. The van der Waals surface area contributed by atoms with Gasteiger partial charge >= 0.3 is 0 Å². The summed E-state index contributed by atoms with van der Waals surface area (Å²) in [6.07, 6.45) is 1.16. The van der Waals surface area contributed by atoms with Gasteiger partial charge in [0.05, 0.1) is 13.2 Å². The van der Waals surface area contributed by atoms with Gasteiger partial charge in [0, 0.05) is 18.2 Å². The standard InChI is InChI=1S/C10H13NO2/c11-8-2-1-3-9(6-8)13-10-4-5-12-7-10/h1-3,6,10H,4-5,7,11H2. The topological polar surface area (TPSA) is 44.5 Å². The number of nitrogens with two attached hydrogens (primary N) is 1. The summed E-state index contributed by atoms with van der Waals surface area (Å²) in [5.74, 6) is 0.829. The van der Waals surface area contributed by atoms with Gasteiger partial charge in [0.1, 0.15) is 11.9 Å². The highest BCUT2D eigenvalue weighted by Gasteiger charge is 2.16. The van der Waals surface area contributed by atoms with Crippen molar-refractivity contribution in [3.05, 3.63) is 24.3 Å². The van der Waals surface area contributed by atoms with Gasteiger partial charge in [-0.2, -0.15) is 0 Å². The van der Waals surface area contributed by atoms with Crippen LogP contribution in [0.3, 0.4) is 0 Å². The molecule has 0 spiro atoms. The Kier molecular flexibility index (Phi) is 2.36. The van der Waals surface area contributed by atoms with Crippen molar-refractivity contribution in [3.63, 3.8) is 0 Å². The minimum atomic E-state index is 0.196. The van der Waals surface area contributed by atoms with Crippen LogP contribution in [0.4, 0.5) is 5.69 Å². The Balaban J connectivity index is 2.00. The Hall–Kier alpha value is -1.22. The van der Waals surface area contributed by atoms with Crippen LogP contribution in [0.2, 0.25) is 0 Å². The number of benzene rings is 1. The number of hydrogen-bond acceptors (Lipinski definition) is 3. The Morgan fingerprint density at radius 1 is 1.46 bits per heavy atom. The second-order valence-corrected chi connectivity index (χ2v) is 3.18. The summed E-state index contributed by atoms with van der Waals surface area (Å²) < 4.78 is 10.9. The zero-order valence-corrected chi connectivity index (χ0v) is 7.40. The van der Waals surface area contributed by atoms with E-state index in [0.717, 1.165) is 24.5 Å². The van der Waals surface area contributed by atoms with E-state index in [0.29, 0.717) is 6.61 Å². The molecule has 3 heteroatoms. The maximum atomic E-state index is 5.65. The van der Waals surface area contributed by atoms with Crippen molar-refractivity contribution >= 4 is 5.69 Å². The van der Waals surface area contributed by atoms with E-state index in [1.165, 1.54) is 0 Å². The minimum Gasteiger partial charge on any atom is -0.488 e. The van der Waals surface area contributed by atoms with Gasteiger partial charge in [-0.1, -0.05) is 6.07 Å². The molecule has 1 heterocycles. The van der Waals surface area contributed by atoms with Crippen molar-refractivity contribution in [2.75, 3.05) is 18.9 Å². The first-order chi connectivity index (χ1) is 6.34. The van der Waals surface area contributed by atoms with E-state index >= 15 is 0 Å². The van der Waals surface area contributed by atoms with Gasteiger partial charge in [0.25, 0.3) is 0 Å². The Bertz CT molecular complexity index is 282. The maximum absolute atomic E-state index is 5.65. The predicted molar refractivity (Wildman–Crippen MR) is 50.7 cm³/mol. The van der Waals surface area contributed by atoms with E-state index < -0.39 is 0 Å². The Morgan fingerprint density at radius 3 is 3.08 bits per heavy atom. The number of anilines is 1. The molecule has 1 aliphatic heterocycles. The molecule has 1 atom stereocenters. The average Bonchev–Trinajstić information content (AvgIpc) is 2.57. The highest BCUT2D eigenvalue weighted by molar-refractivity contribution is 5.43. The molecular weight excluding hydrogens is 166 g/mol. The molecule has 13 heavy (non-hydrogen) atoms. The van der Waals surface area contributed by atoms with Crippen LogP contribution < -0.4 is 10.5 Å². The smallest absolute Gasteiger partial charge is 0.124 e. The summed E-state index contributed by atoms with van der Waals surface area (Å²) in [4.78, 5) is 0. The molecule has 1 aromatic rings. The first-order valence-corrected chi connectivity index (χ1v) is 4.44. The molecule has 70 valence electrons. The lowest BCUT2D eigenvalue weighted by molar-refractivity contribution is 0.141. The molecule has 1 unspecified atom stereocenters. The Labute approximate surface area is 77.5 Å². The highest BCUT2D eigenvalue weighted by atomic mass is 16.5. The van der Waals surface area contributed by atoms with Crippen molar-refractivity contribution in [1.29, 1.82) is 0 Å². The predicted octanol–water partition coefficient (Wildman–Crippen LogP) is 1.44. The first-order valence-electron chi connectivity index (χ1n) is 4.44. The van der Waals surface area contributed by atoms with Crippen LogP contribution in [0.5, 0.6) is 5.75 Å². The molecule has 1 aromatic carbocycles. The largest absolute Gasteiger partial charge is 0.488 e. The summed E-state index contributed by atoms with van der Waals surface area (Å²) in [5, 5.41) is 0. The molecule has 0 saturated carbocycles. The summed E-state index contributed by atoms with van der Waals surface area (Å²) in [6.45, 7) is 1.49. The molecule has 0 bridgehead atoms.